The smallest absolute Gasteiger partial charge is 0.410 e. The molecule has 1 aliphatic rings. The van der Waals surface area contributed by atoms with Crippen molar-refractivity contribution in [3.8, 4) is 17.2 Å². The van der Waals surface area contributed by atoms with Crippen LogP contribution in [0.4, 0.5) is 4.79 Å². The van der Waals surface area contributed by atoms with Crippen LogP contribution in [0.25, 0.3) is 22.0 Å². The van der Waals surface area contributed by atoms with Gasteiger partial charge in [-0.3, -0.25) is 0 Å². The summed E-state index contributed by atoms with van der Waals surface area (Å²) in [7, 11) is 0. The van der Waals surface area contributed by atoms with E-state index >= 15 is 0 Å². The van der Waals surface area contributed by atoms with Gasteiger partial charge in [0, 0.05) is 35.9 Å². The summed E-state index contributed by atoms with van der Waals surface area (Å²) >= 11 is 0. The molecule has 0 spiro atoms. The zero-order valence-corrected chi connectivity index (χ0v) is 18.1. The number of nitrogens with zero attached hydrogens (tertiary/aromatic N) is 3. The Kier molecular flexibility index (Phi) is 4.77. The van der Waals surface area contributed by atoms with E-state index in [1.807, 2.05) is 33.8 Å². The summed E-state index contributed by atoms with van der Waals surface area (Å²) in [6, 6.07) is 8.38. The molecule has 0 atom stereocenters. The second-order valence-corrected chi connectivity index (χ2v) is 8.85. The first-order valence-corrected chi connectivity index (χ1v) is 10.2. The lowest BCUT2D eigenvalue weighted by molar-refractivity contribution is 0.0224. The van der Waals surface area contributed by atoms with Gasteiger partial charge < -0.3 is 14.6 Å². The number of ether oxygens (including phenoxy) is 1. The van der Waals surface area contributed by atoms with Crippen LogP contribution in [-0.4, -0.2) is 33.1 Å². The van der Waals surface area contributed by atoms with E-state index in [4.69, 9.17) is 4.74 Å². The van der Waals surface area contributed by atoms with Crippen molar-refractivity contribution in [3.05, 3.63) is 52.5 Å². The van der Waals surface area contributed by atoms with Gasteiger partial charge in [-0.1, -0.05) is 18.2 Å². The van der Waals surface area contributed by atoms with Crippen molar-refractivity contribution in [2.24, 2.45) is 0 Å². The third-order valence-corrected chi connectivity index (χ3v) is 5.64. The highest BCUT2D eigenvalue weighted by Gasteiger charge is 2.27. The summed E-state index contributed by atoms with van der Waals surface area (Å²) < 4.78 is 5.55. The minimum atomic E-state index is -0.511. The lowest BCUT2D eigenvalue weighted by atomic mass is 9.89. The van der Waals surface area contributed by atoms with Gasteiger partial charge in [-0.05, 0) is 63.3 Å². The van der Waals surface area contributed by atoms with E-state index in [1.54, 1.807) is 11.1 Å². The largest absolute Gasteiger partial charge is 0.444 e. The highest BCUT2D eigenvalue weighted by atomic mass is 16.6. The molecule has 3 heterocycles. The molecule has 6 heteroatoms. The van der Waals surface area contributed by atoms with Crippen LogP contribution in [0, 0.1) is 25.2 Å². The van der Waals surface area contributed by atoms with E-state index in [-0.39, 0.29) is 6.09 Å². The lowest BCUT2D eigenvalue weighted by Gasteiger charge is -2.32. The third-order valence-electron chi connectivity index (χ3n) is 5.64. The number of nitriles is 1. The molecule has 0 fully saturated rings. The fourth-order valence-electron chi connectivity index (χ4n) is 4.12. The van der Waals surface area contributed by atoms with Crippen molar-refractivity contribution in [3.63, 3.8) is 0 Å². The van der Waals surface area contributed by atoms with Crippen molar-refractivity contribution in [1.82, 2.24) is 14.9 Å². The fourth-order valence-corrected chi connectivity index (χ4v) is 4.12. The molecule has 0 bridgehead atoms. The van der Waals surface area contributed by atoms with E-state index in [2.05, 4.69) is 35.1 Å². The monoisotopic (exact) mass is 402 g/mol. The second-order valence-electron chi connectivity index (χ2n) is 8.85. The highest BCUT2D eigenvalue weighted by Crippen LogP contribution is 2.37. The van der Waals surface area contributed by atoms with Gasteiger partial charge >= 0.3 is 6.09 Å². The Bertz CT molecular complexity index is 1190. The van der Waals surface area contributed by atoms with Crippen LogP contribution in [-0.2, 0) is 17.7 Å². The maximum Gasteiger partial charge on any atom is 0.410 e. The molecular formula is C24H26N4O2. The summed E-state index contributed by atoms with van der Waals surface area (Å²) in [4.78, 5) is 22.0. The number of amides is 1. The van der Waals surface area contributed by atoms with Crippen LogP contribution >= 0.6 is 0 Å². The second kappa shape index (κ2) is 7.17. The lowest BCUT2D eigenvalue weighted by Crippen LogP contribution is -2.40. The molecule has 30 heavy (non-hydrogen) atoms. The van der Waals surface area contributed by atoms with Gasteiger partial charge in [0.05, 0.1) is 5.52 Å². The van der Waals surface area contributed by atoms with Gasteiger partial charge in [0.2, 0.25) is 0 Å². The van der Waals surface area contributed by atoms with Gasteiger partial charge in [0.15, 0.2) is 5.69 Å². The first-order valence-electron chi connectivity index (χ1n) is 10.2. The van der Waals surface area contributed by atoms with E-state index in [0.29, 0.717) is 18.8 Å². The number of fused-ring (bicyclic) bond motifs is 2. The number of aromatic nitrogens is 2. The van der Waals surface area contributed by atoms with Gasteiger partial charge in [-0.15, -0.1) is 0 Å². The van der Waals surface area contributed by atoms with Crippen LogP contribution < -0.4 is 0 Å². The number of aromatic amines is 1. The molecule has 6 nitrogen and oxygen atoms in total. The summed E-state index contributed by atoms with van der Waals surface area (Å²) in [6.07, 6.45) is 2.27. The SMILES string of the molecule is Cc1[nH]c2c(C#N)ncc(-c3cccc4c3CCN(C(=O)OC(C)(C)C)C4)c2c1C. The number of benzene rings is 1. The van der Waals surface area contributed by atoms with E-state index in [9.17, 15) is 10.1 Å². The zero-order chi connectivity index (χ0) is 21.6. The number of carbonyl (C=O) groups excluding carboxylic acids is 1. The topological polar surface area (TPSA) is 82.0 Å². The number of H-pyrrole nitrogens is 1. The predicted molar refractivity (Wildman–Crippen MR) is 116 cm³/mol. The molecule has 1 aliphatic heterocycles. The Morgan fingerprint density at radius 1 is 1.27 bits per heavy atom. The number of aryl methyl sites for hydroxylation is 2. The highest BCUT2D eigenvalue weighted by molar-refractivity contribution is 6.00. The molecule has 4 rings (SSSR count). The quantitative estimate of drug-likeness (QED) is 0.620. The van der Waals surface area contributed by atoms with Crippen molar-refractivity contribution < 1.29 is 9.53 Å². The van der Waals surface area contributed by atoms with Gasteiger partial charge in [0.25, 0.3) is 0 Å². The maximum absolute atomic E-state index is 12.5. The van der Waals surface area contributed by atoms with Crippen LogP contribution in [0.2, 0.25) is 0 Å². The van der Waals surface area contributed by atoms with E-state index < -0.39 is 5.60 Å². The number of hydrogen-bond acceptors (Lipinski definition) is 4. The molecule has 0 unspecified atom stereocenters. The summed E-state index contributed by atoms with van der Waals surface area (Å²) in [5, 5.41) is 10.5. The first kappa shape index (κ1) is 20.0. The normalized spacial score (nSPS) is 13.8. The molecule has 0 saturated heterocycles. The standard InChI is InChI=1S/C24H26N4O2/c1-14-15(2)27-22-20(11-25)26-12-19(21(14)22)18-8-6-7-16-13-28(10-9-17(16)18)23(29)30-24(3,4)5/h6-8,12,27H,9-10,13H2,1-5H3. The minimum absolute atomic E-state index is 0.280. The molecule has 0 radical (unpaired) electrons. The maximum atomic E-state index is 12.5. The molecule has 2 aromatic heterocycles. The summed E-state index contributed by atoms with van der Waals surface area (Å²) in [5.41, 5.74) is 7.33. The van der Waals surface area contributed by atoms with Crippen molar-refractivity contribution in [2.45, 2.75) is 53.2 Å². The van der Waals surface area contributed by atoms with Crippen LogP contribution in [0.1, 0.15) is 48.8 Å². The minimum Gasteiger partial charge on any atom is -0.444 e. The van der Waals surface area contributed by atoms with Crippen molar-refractivity contribution >= 4 is 17.0 Å². The molecule has 0 saturated carbocycles. The third kappa shape index (κ3) is 3.41. The molecule has 154 valence electrons. The molecule has 0 aliphatic carbocycles. The number of rotatable bonds is 1. The Balaban J connectivity index is 1.77. The Labute approximate surface area is 176 Å². The van der Waals surface area contributed by atoms with Gasteiger partial charge in [-0.2, -0.15) is 5.26 Å². The van der Waals surface area contributed by atoms with Gasteiger partial charge in [-0.25, -0.2) is 9.78 Å². The van der Waals surface area contributed by atoms with Crippen LogP contribution in [0.3, 0.4) is 0 Å². The van der Waals surface area contributed by atoms with Crippen molar-refractivity contribution in [1.29, 1.82) is 5.26 Å². The summed E-state index contributed by atoms with van der Waals surface area (Å²) in [5.74, 6) is 0. The van der Waals surface area contributed by atoms with E-state index in [1.165, 1.54) is 5.56 Å². The summed E-state index contributed by atoms with van der Waals surface area (Å²) in [6.45, 7) is 10.9. The average molecular weight is 402 g/mol. The Hall–Kier alpha value is -3.33. The zero-order valence-electron chi connectivity index (χ0n) is 18.1. The fraction of sp³-hybridized carbons (Fsp3) is 0.375. The van der Waals surface area contributed by atoms with Crippen molar-refractivity contribution in [2.75, 3.05) is 6.54 Å². The van der Waals surface area contributed by atoms with Crippen LogP contribution in [0.5, 0.6) is 0 Å². The van der Waals surface area contributed by atoms with Crippen LogP contribution in [0.15, 0.2) is 24.4 Å². The molecule has 1 N–H and O–H groups in total. The number of hydrogen-bond donors (Lipinski definition) is 1. The number of nitrogens with one attached hydrogen (secondary N) is 1. The molecular weight excluding hydrogens is 376 g/mol. The predicted octanol–water partition coefficient (Wildman–Crippen LogP) is 5.01. The number of carbonyl (C=O) groups is 1. The van der Waals surface area contributed by atoms with E-state index in [0.717, 1.165) is 45.3 Å². The Morgan fingerprint density at radius 3 is 2.73 bits per heavy atom. The van der Waals surface area contributed by atoms with Gasteiger partial charge in [0.1, 0.15) is 11.7 Å². The Morgan fingerprint density at radius 2 is 2.03 bits per heavy atom. The average Bonchev–Trinajstić information content (AvgIpc) is 3.00. The molecule has 1 amide bonds. The first-order chi connectivity index (χ1) is 14.2. The molecule has 3 aromatic rings. The molecule has 1 aromatic carbocycles. The number of pyridine rings is 1.